The van der Waals surface area contributed by atoms with Crippen molar-refractivity contribution in [1.82, 2.24) is 0 Å². The summed E-state index contributed by atoms with van der Waals surface area (Å²) in [6.45, 7) is 11.3. The van der Waals surface area contributed by atoms with E-state index in [2.05, 4.69) is 39.2 Å². The third-order valence-corrected chi connectivity index (χ3v) is 9.92. The third-order valence-electron chi connectivity index (χ3n) is 4.16. The average molecular weight is 397 g/mol. The minimum absolute atomic E-state index is 0.116. The van der Waals surface area contributed by atoms with Crippen molar-refractivity contribution in [2.45, 2.75) is 49.8 Å². The first kappa shape index (κ1) is 20.8. The number of halogens is 3. The first-order valence-electron chi connectivity index (χ1n) is 7.38. The van der Waals surface area contributed by atoms with Crippen LogP contribution in [0.15, 0.2) is 24.3 Å². The molecule has 1 rings (SSSR count). The summed E-state index contributed by atoms with van der Waals surface area (Å²) >= 11 is 17.4. The Morgan fingerprint density at radius 1 is 1.22 bits per heavy atom. The van der Waals surface area contributed by atoms with Crippen molar-refractivity contribution in [2.24, 2.45) is 0 Å². The Balaban J connectivity index is 2.89. The maximum atomic E-state index is 12.1. The molecule has 0 aliphatic rings. The van der Waals surface area contributed by atoms with Gasteiger partial charge in [-0.3, -0.25) is 4.79 Å². The summed E-state index contributed by atoms with van der Waals surface area (Å²) in [6.07, 6.45) is 0. The first-order chi connectivity index (χ1) is 10.4. The molecule has 130 valence electrons. The van der Waals surface area contributed by atoms with Crippen LogP contribution in [0.5, 0.6) is 0 Å². The van der Waals surface area contributed by atoms with Gasteiger partial charge in [0.05, 0.1) is 12.5 Å². The van der Waals surface area contributed by atoms with Crippen LogP contribution >= 0.6 is 34.8 Å². The highest BCUT2D eigenvalue weighted by Gasteiger charge is 2.37. The van der Waals surface area contributed by atoms with Crippen molar-refractivity contribution in [3.8, 4) is 0 Å². The molecular formula is C16H24Cl3NO2Si. The molecule has 23 heavy (non-hydrogen) atoms. The minimum atomic E-state index is -1.88. The molecule has 0 aromatic heterocycles. The summed E-state index contributed by atoms with van der Waals surface area (Å²) in [4.78, 5) is 12.1. The summed E-state index contributed by atoms with van der Waals surface area (Å²) in [5, 5.41) is 2.84. The summed E-state index contributed by atoms with van der Waals surface area (Å²) in [5.41, 5.74) is 1.51. The number of amides is 1. The third kappa shape index (κ3) is 5.64. The molecule has 0 bridgehead atoms. The summed E-state index contributed by atoms with van der Waals surface area (Å²) in [7, 11) is -1.88. The fourth-order valence-electron chi connectivity index (χ4n) is 1.52. The van der Waals surface area contributed by atoms with Crippen LogP contribution in [0.4, 0.5) is 5.69 Å². The normalized spacial score (nSPS) is 13.0. The number of benzene rings is 1. The monoisotopic (exact) mass is 395 g/mol. The molecule has 3 nitrogen and oxygen atoms in total. The zero-order valence-corrected chi connectivity index (χ0v) is 17.4. The van der Waals surface area contributed by atoms with Crippen LogP contribution in [0.3, 0.4) is 0 Å². The van der Waals surface area contributed by atoms with Gasteiger partial charge in [-0.15, -0.1) is 11.6 Å². The Labute approximate surface area is 154 Å². The number of rotatable bonds is 6. The van der Waals surface area contributed by atoms with Gasteiger partial charge >= 0.3 is 0 Å². The van der Waals surface area contributed by atoms with E-state index < -0.39 is 18.6 Å². The Kier molecular flexibility index (Phi) is 7.00. The van der Waals surface area contributed by atoms with Crippen LogP contribution in [0.2, 0.25) is 18.1 Å². The van der Waals surface area contributed by atoms with Crippen molar-refractivity contribution >= 4 is 54.7 Å². The quantitative estimate of drug-likeness (QED) is 0.505. The standard InChI is InChI=1S/C16H24Cl3NO2Si/c1-15(2,3)23(4,5)22-10-12-8-6-7-9-13(12)20-14(21)16(18,19)11-17/h6-9H,10-11H2,1-5H3,(H,20,21). The molecule has 1 aromatic rings. The lowest BCUT2D eigenvalue weighted by Gasteiger charge is -2.36. The topological polar surface area (TPSA) is 38.3 Å². The van der Waals surface area contributed by atoms with Gasteiger partial charge in [0.25, 0.3) is 5.91 Å². The van der Waals surface area contributed by atoms with Crippen LogP contribution < -0.4 is 5.32 Å². The summed E-state index contributed by atoms with van der Waals surface area (Å²) in [6, 6.07) is 7.43. The number of anilines is 1. The highest BCUT2D eigenvalue weighted by atomic mass is 35.5. The molecule has 7 heteroatoms. The lowest BCUT2D eigenvalue weighted by Crippen LogP contribution is -2.40. The molecule has 0 saturated carbocycles. The predicted octanol–water partition coefficient (Wildman–Crippen LogP) is 5.56. The smallest absolute Gasteiger partial charge is 0.262 e. The van der Waals surface area contributed by atoms with Gasteiger partial charge in [-0.1, -0.05) is 62.2 Å². The van der Waals surface area contributed by atoms with E-state index in [1.165, 1.54) is 0 Å². The van der Waals surface area contributed by atoms with E-state index >= 15 is 0 Å². The zero-order chi connectivity index (χ0) is 17.9. The fourth-order valence-corrected chi connectivity index (χ4v) is 2.68. The summed E-state index contributed by atoms with van der Waals surface area (Å²) in [5.74, 6) is -0.736. The molecule has 0 aliphatic carbocycles. The molecule has 0 heterocycles. The first-order valence-corrected chi connectivity index (χ1v) is 11.6. The van der Waals surface area contributed by atoms with Crippen molar-refractivity contribution in [1.29, 1.82) is 0 Å². The number of hydrogen-bond donors (Lipinski definition) is 1. The van der Waals surface area contributed by atoms with Gasteiger partial charge in [-0.25, -0.2) is 0 Å². The number of hydrogen-bond acceptors (Lipinski definition) is 2. The molecule has 0 aliphatic heterocycles. The maximum absolute atomic E-state index is 12.1. The molecule has 1 amide bonds. The molecule has 1 N–H and O–H groups in total. The Bertz CT molecular complexity index is 557. The van der Waals surface area contributed by atoms with E-state index in [0.717, 1.165) is 5.56 Å². The van der Waals surface area contributed by atoms with E-state index in [1.807, 2.05) is 18.2 Å². The maximum Gasteiger partial charge on any atom is 0.262 e. The second kappa shape index (κ2) is 7.75. The molecule has 1 aromatic carbocycles. The van der Waals surface area contributed by atoms with Crippen molar-refractivity contribution in [2.75, 3.05) is 11.2 Å². The van der Waals surface area contributed by atoms with Gasteiger partial charge in [0.15, 0.2) is 8.32 Å². The van der Waals surface area contributed by atoms with Crippen LogP contribution in [0.25, 0.3) is 0 Å². The van der Waals surface area contributed by atoms with Crippen molar-refractivity contribution in [3.63, 3.8) is 0 Å². The molecule has 0 saturated heterocycles. The molecule has 0 fully saturated rings. The van der Waals surface area contributed by atoms with Crippen LogP contribution in [-0.4, -0.2) is 24.4 Å². The van der Waals surface area contributed by atoms with Crippen LogP contribution in [-0.2, 0) is 15.8 Å². The predicted molar refractivity (Wildman–Crippen MR) is 102 cm³/mol. The van der Waals surface area contributed by atoms with E-state index in [-0.39, 0.29) is 10.9 Å². The second-order valence-electron chi connectivity index (χ2n) is 7.00. The second-order valence-corrected chi connectivity index (χ2v) is 13.6. The lowest BCUT2D eigenvalue weighted by atomic mass is 10.2. The number of para-hydroxylation sites is 1. The number of carbonyl (C=O) groups excluding carboxylic acids is 1. The Morgan fingerprint density at radius 2 is 1.78 bits per heavy atom. The van der Waals surface area contributed by atoms with Crippen molar-refractivity contribution < 1.29 is 9.22 Å². The average Bonchev–Trinajstić information content (AvgIpc) is 2.45. The molecule has 0 radical (unpaired) electrons. The highest BCUT2D eigenvalue weighted by Crippen LogP contribution is 2.37. The Morgan fingerprint density at radius 3 is 2.30 bits per heavy atom. The van der Waals surface area contributed by atoms with E-state index in [0.29, 0.717) is 12.3 Å². The Hall–Kier alpha value is -0.263. The van der Waals surface area contributed by atoms with Gasteiger partial charge in [0, 0.05) is 5.69 Å². The van der Waals surface area contributed by atoms with E-state index in [1.54, 1.807) is 6.07 Å². The van der Waals surface area contributed by atoms with E-state index in [4.69, 9.17) is 39.2 Å². The van der Waals surface area contributed by atoms with Crippen LogP contribution in [0.1, 0.15) is 26.3 Å². The summed E-state index contributed by atoms with van der Waals surface area (Å²) < 4.78 is 4.55. The zero-order valence-electron chi connectivity index (χ0n) is 14.2. The van der Waals surface area contributed by atoms with Crippen molar-refractivity contribution in [3.05, 3.63) is 29.8 Å². The number of carbonyl (C=O) groups is 1. The number of alkyl halides is 3. The largest absolute Gasteiger partial charge is 0.412 e. The SMILES string of the molecule is CC(C)(C)[Si](C)(C)OCc1ccccc1NC(=O)C(Cl)(Cl)CCl. The highest BCUT2D eigenvalue weighted by molar-refractivity contribution is 6.74. The van der Waals surface area contributed by atoms with Gasteiger partial charge in [0.1, 0.15) is 0 Å². The molecular weight excluding hydrogens is 373 g/mol. The molecule has 0 atom stereocenters. The van der Waals surface area contributed by atoms with Gasteiger partial charge in [-0.2, -0.15) is 0 Å². The minimum Gasteiger partial charge on any atom is -0.412 e. The lowest BCUT2D eigenvalue weighted by molar-refractivity contribution is -0.116. The van der Waals surface area contributed by atoms with Gasteiger partial charge < -0.3 is 9.74 Å². The molecule has 0 spiro atoms. The number of nitrogens with one attached hydrogen (secondary N) is 1. The van der Waals surface area contributed by atoms with Gasteiger partial charge in [0.2, 0.25) is 4.33 Å². The molecule has 0 unspecified atom stereocenters. The van der Waals surface area contributed by atoms with Crippen LogP contribution in [0, 0.1) is 0 Å². The van der Waals surface area contributed by atoms with E-state index in [9.17, 15) is 4.79 Å². The van der Waals surface area contributed by atoms with Gasteiger partial charge in [-0.05, 0) is 29.8 Å². The fraction of sp³-hybridized carbons (Fsp3) is 0.562.